The number of nitrogens with zero attached hydrogens (tertiary/aromatic N) is 1. The summed E-state index contributed by atoms with van der Waals surface area (Å²) in [7, 11) is 4.07. The molecule has 1 atom stereocenters. The Balaban J connectivity index is 0.00000385. The molecular formula is C25H33ClF2NO4+. The number of carbonyl (C=O) groups is 1. The van der Waals surface area contributed by atoms with Gasteiger partial charge in [-0.1, -0.05) is 30.3 Å². The second kappa shape index (κ2) is 11.8. The van der Waals surface area contributed by atoms with E-state index in [-0.39, 0.29) is 43.2 Å². The number of ether oxygens (including phenoxy) is 1. The van der Waals surface area contributed by atoms with E-state index >= 15 is 0 Å². The summed E-state index contributed by atoms with van der Waals surface area (Å²) in [5.74, 6) is -2.99. The Morgan fingerprint density at radius 1 is 1.15 bits per heavy atom. The smallest absolute Gasteiger partial charge is 0.303 e. The number of aliphatic hydroxyl groups excluding tert-OH is 1. The molecule has 33 heavy (non-hydrogen) atoms. The molecule has 0 fully saturated rings. The van der Waals surface area contributed by atoms with Crippen LogP contribution in [0.3, 0.4) is 0 Å². The van der Waals surface area contributed by atoms with E-state index < -0.39 is 23.7 Å². The molecule has 182 valence electrons. The number of aliphatic carboxylic acids is 1. The van der Waals surface area contributed by atoms with E-state index in [1.54, 1.807) is 0 Å². The summed E-state index contributed by atoms with van der Waals surface area (Å²) in [6.07, 6.45) is 2.12. The number of hydrogen-bond acceptors (Lipinski definition) is 3. The minimum absolute atomic E-state index is 0. The second-order valence-corrected chi connectivity index (χ2v) is 9.38. The lowest BCUT2D eigenvalue weighted by Gasteiger charge is -2.32. The van der Waals surface area contributed by atoms with Crippen molar-refractivity contribution in [3.8, 4) is 5.75 Å². The van der Waals surface area contributed by atoms with Gasteiger partial charge in [0.25, 0.3) is 0 Å². The van der Waals surface area contributed by atoms with Crippen LogP contribution in [0.4, 0.5) is 8.78 Å². The van der Waals surface area contributed by atoms with Gasteiger partial charge >= 0.3 is 5.97 Å². The summed E-state index contributed by atoms with van der Waals surface area (Å²) >= 11 is 0. The van der Waals surface area contributed by atoms with Gasteiger partial charge in [-0.05, 0) is 47.9 Å². The van der Waals surface area contributed by atoms with E-state index in [2.05, 4.69) is 24.3 Å². The summed E-state index contributed by atoms with van der Waals surface area (Å²) in [5, 5.41) is 19.4. The summed E-state index contributed by atoms with van der Waals surface area (Å²) < 4.78 is 33.9. The fourth-order valence-electron chi connectivity index (χ4n) is 4.45. The lowest BCUT2D eigenvalue weighted by molar-refractivity contribution is -0.894. The first-order valence-electron chi connectivity index (χ1n) is 11.0. The van der Waals surface area contributed by atoms with Gasteiger partial charge in [0.1, 0.15) is 19.3 Å². The molecule has 5 nitrogen and oxygen atoms in total. The van der Waals surface area contributed by atoms with E-state index in [0.717, 1.165) is 31.9 Å². The van der Waals surface area contributed by atoms with Crippen LogP contribution >= 0.6 is 12.4 Å². The Hall–Kier alpha value is -2.22. The number of aryl methyl sites for hydroxylation is 1. The van der Waals surface area contributed by atoms with Crippen LogP contribution in [0, 0.1) is 17.6 Å². The number of carboxylic acids is 1. The van der Waals surface area contributed by atoms with Gasteiger partial charge in [-0.3, -0.25) is 4.79 Å². The molecule has 0 saturated carbocycles. The Kier molecular flexibility index (Phi) is 9.64. The lowest BCUT2D eigenvalue weighted by Crippen LogP contribution is -2.48. The standard InChI is InChI=1S/C25H31F2NO4.ClH/c1-28(2,12-11-17-13-19-5-3-4-6-20(19)14-17)15-21(29)16-32-25-18(8-10-23(30)31)7-9-22(26)24(25)27;/h3-7,9,17,21,29H,8,10-16H2,1-2H3;1H/p+1/t21-;/m1./s1. The normalized spacial score (nSPS) is 14.5. The first-order chi connectivity index (χ1) is 15.1. The van der Waals surface area contributed by atoms with Crippen molar-refractivity contribution >= 4 is 18.4 Å². The zero-order valence-electron chi connectivity index (χ0n) is 19.1. The maximum absolute atomic E-state index is 14.2. The van der Waals surface area contributed by atoms with Crippen LogP contribution in [0.2, 0.25) is 0 Å². The summed E-state index contributed by atoms with van der Waals surface area (Å²) in [6.45, 7) is 1.09. The van der Waals surface area contributed by atoms with Crippen molar-refractivity contribution in [2.75, 3.05) is 33.8 Å². The van der Waals surface area contributed by atoms with Crippen molar-refractivity contribution in [3.05, 3.63) is 64.7 Å². The van der Waals surface area contributed by atoms with E-state index in [0.29, 0.717) is 16.9 Å². The SMILES string of the molecule is C[N+](C)(CCC1Cc2ccccc2C1)C[C@@H](O)COc1c(CCC(=O)O)ccc(F)c1F.Cl. The van der Waals surface area contributed by atoms with Crippen molar-refractivity contribution in [2.24, 2.45) is 5.92 Å². The topological polar surface area (TPSA) is 66.8 Å². The lowest BCUT2D eigenvalue weighted by atomic mass is 10.0. The molecule has 0 unspecified atom stereocenters. The summed E-state index contributed by atoms with van der Waals surface area (Å²) in [5.41, 5.74) is 3.12. The van der Waals surface area contributed by atoms with Crippen LogP contribution < -0.4 is 4.74 Å². The number of carboxylic acid groups (broad SMARTS) is 1. The zero-order valence-corrected chi connectivity index (χ0v) is 19.9. The molecule has 1 aliphatic rings. The number of rotatable bonds is 11. The first kappa shape index (κ1) is 27.0. The average molecular weight is 485 g/mol. The van der Waals surface area contributed by atoms with Gasteiger partial charge in [-0.15, -0.1) is 12.4 Å². The fourth-order valence-corrected chi connectivity index (χ4v) is 4.45. The molecule has 0 spiro atoms. The molecule has 0 saturated heterocycles. The van der Waals surface area contributed by atoms with Crippen LogP contribution in [0.25, 0.3) is 0 Å². The predicted molar refractivity (Wildman–Crippen MR) is 125 cm³/mol. The largest absolute Gasteiger partial charge is 0.487 e. The molecule has 0 bridgehead atoms. The highest BCUT2D eigenvalue weighted by atomic mass is 35.5. The molecule has 0 aliphatic heterocycles. The van der Waals surface area contributed by atoms with Gasteiger partial charge in [-0.2, -0.15) is 4.39 Å². The second-order valence-electron chi connectivity index (χ2n) is 9.38. The molecule has 2 N–H and O–H groups in total. The maximum Gasteiger partial charge on any atom is 0.303 e. The van der Waals surface area contributed by atoms with E-state index in [1.165, 1.54) is 17.2 Å². The molecular weight excluding hydrogens is 452 g/mol. The molecule has 0 aromatic heterocycles. The van der Waals surface area contributed by atoms with Gasteiger partial charge < -0.3 is 19.4 Å². The van der Waals surface area contributed by atoms with Crippen molar-refractivity contribution in [2.45, 2.75) is 38.2 Å². The Bertz CT molecular complexity index is 929. The molecule has 0 amide bonds. The maximum atomic E-state index is 14.2. The van der Waals surface area contributed by atoms with Crippen molar-refractivity contribution in [1.82, 2.24) is 0 Å². The molecule has 0 heterocycles. The molecule has 2 aromatic carbocycles. The molecule has 3 rings (SSSR count). The number of quaternary nitrogens is 1. The minimum Gasteiger partial charge on any atom is -0.487 e. The van der Waals surface area contributed by atoms with Crippen LogP contribution in [0.1, 0.15) is 29.5 Å². The Morgan fingerprint density at radius 2 is 1.79 bits per heavy atom. The van der Waals surface area contributed by atoms with Crippen LogP contribution in [0.5, 0.6) is 5.75 Å². The van der Waals surface area contributed by atoms with E-state index in [4.69, 9.17) is 9.84 Å². The summed E-state index contributed by atoms with van der Waals surface area (Å²) in [6, 6.07) is 10.8. The van der Waals surface area contributed by atoms with E-state index in [9.17, 15) is 18.7 Å². The highest BCUT2D eigenvalue weighted by Crippen LogP contribution is 2.29. The van der Waals surface area contributed by atoms with Gasteiger partial charge in [0.15, 0.2) is 11.6 Å². The van der Waals surface area contributed by atoms with Gasteiger partial charge in [0, 0.05) is 12.8 Å². The zero-order chi connectivity index (χ0) is 23.3. The van der Waals surface area contributed by atoms with Crippen LogP contribution in [-0.2, 0) is 24.1 Å². The van der Waals surface area contributed by atoms with Crippen LogP contribution in [-0.4, -0.2) is 60.6 Å². The third kappa shape index (κ3) is 7.66. The highest BCUT2D eigenvalue weighted by Gasteiger charge is 2.27. The van der Waals surface area contributed by atoms with Crippen molar-refractivity contribution in [1.29, 1.82) is 0 Å². The molecule has 2 aromatic rings. The number of fused-ring (bicyclic) bond motifs is 1. The van der Waals surface area contributed by atoms with Gasteiger partial charge in [-0.25, -0.2) is 4.39 Å². The fraction of sp³-hybridized carbons (Fsp3) is 0.480. The highest BCUT2D eigenvalue weighted by molar-refractivity contribution is 5.85. The quantitative estimate of drug-likeness (QED) is 0.473. The molecule has 1 aliphatic carbocycles. The number of likely N-dealkylation sites (N-methyl/N-ethyl adjacent to an activating group) is 1. The molecule has 8 heteroatoms. The molecule has 0 radical (unpaired) electrons. The average Bonchev–Trinajstić information content (AvgIpc) is 3.15. The van der Waals surface area contributed by atoms with Gasteiger partial charge in [0.05, 0.1) is 20.6 Å². The third-order valence-electron chi connectivity index (χ3n) is 6.14. The number of hydrogen-bond donors (Lipinski definition) is 2. The number of halogens is 3. The predicted octanol–water partition coefficient (Wildman–Crippen LogP) is 4.03. The Labute approximate surface area is 200 Å². The number of benzene rings is 2. The third-order valence-corrected chi connectivity index (χ3v) is 6.14. The number of aliphatic hydroxyl groups is 1. The first-order valence-corrected chi connectivity index (χ1v) is 11.0. The van der Waals surface area contributed by atoms with Crippen molar-refractivity contribution < 1.29 is 33.0 Å². The van der Waals surface area contributed by atoms with Crippen molar-refractivity contribution in [3.63, 3.8) is 0 Å². The van der Waals surface area contributed by atoms with Gasteiger partial charge in [0.2, 0.25) is 5.82 Å². The minimum atomic E-state index is -1.16. The van der Waals surface area contributed by atoms with E-state index in [1.807, 2.05) is 14.1 Å². The van der Waals surface area contributed by atoms with Crippen LogP contribution in [0.15, 0.2) is 36.4 Å². The monoisotopic (exact) mass is 484 g/mol. The summed E-state index contributed by atoms with van der Waals surface area (Å²) in [4.78, 5) is 10.8. The Morgan fingerprint density at radius 3 is 2.39 bits per heavy atom.